The molecule has 3 amide bonds. The van der Waals surface area contributed by atoms with Gasteiger partial charge in [0.05, 0.1) is 5.92 Å². The van der Waals surface area contributed by atoms with E-state index in [0.29, 0.717) is 24.2 Å². The lowest BCUT2D eigenvalue weighted by Gasteiger charge is -2.32. The molecule has 0 bridgehead atoms. The van der Waals surface area contributed by atoms with Crippen LogP contribution in [0.4, 0.5) is 10.5 Å². The quantitative estimate of drug-likeness (QED) is 0.471. The predicted octanol–water partition coefficient (Wildman–Crippen LogP) is 2.37. The molecule has 1 heterocycles. The molecule has 1 aliphatic heterocycles. The van der Waals surface area contributed by atoms with Crippen molar-refractivity contribution in [3.05, 3.63) is 30.3 Å². The zero-order valence-electron chi connectivity index (χ0n) is 15.4. The molecular formula is C19H27N5O2S. The van der Waals surface area contributed by atoms with Gasteiger partial charge in [-0.3, -0.25) is 15.6 Å². The fourth-order valence-corrected chi connectivity index (χ4v) is 3.83. The summed E-state index contributed by atoms with van der Waals surface area (Å²) in [7, 11) is 0. The second-order valence-electron chi connectivity index (χ2n) is 7.15. The molecule has 0 aromatic heterocycles. The lowest BCUT2D eigenvalue weighted by molar-refractivity contribution is -0.126. The minimum atomic E-state index is -0.248. The Kier molecular flexibility index (Phi) is 6.86. The van der Waals surface area contributed by atoms with Crippen LogP contribution in [-0.4, -0.2) is 41.1 Å². The molecular weight excluding hydrogens is 362 g/mol. The number of rotatable bonds is 3. The van der Waals surface area contributed by atoms with E-state index in [1.165, 1.54) is 12.8 Å². The van der Waals surface area contributed by atoms with Crippen molar-refractivity contribution in [3.8, 4) is 0 Å². The number of carbonyl (C=O) groups excluding carboxylic acids is 2. The number of hydrogen-bond acceptors (Lipinski definition) is 3. The SMILES string of the molecule is O=C(NNC(=S)NC1CCCC1)[C@@H]1CCCN(C(=O)Nc2ccccc2)C1. The van der Waals surface area contributed by atoms with Gasteiger partial charge < -0.3 is 15.5 Å². The molecule has 8 heteroatoms. The van der Waals surface area contributed by atoms with Gasteiger partial charge >= 0.3 is 6.03 Å². The van der Waals surface area contributed by atoms with Gasteiger partial charge in [-0.2, -0.15) is 0 Å². The Morgan fingerprint density at radius 3 is 2.48 bits per heavy atom. The number of benzene rings is 1. The standard InChI is InChI=1S/C19H27N5O2S/c25-17(22-23-18(27)20-15-10-4-5-11-15)14-7-6-12-24(13-14)19(26)21-16-8-2-1-3-9-16/h1-3,8-9,14-15H,4-7,10-13H2,(H,21,26)(H,22,25)(H2,20,23,27)/t14-/m1/s1. The molecule has 1 aliphatic carbocycles. The Balaban J connectivity index is 1.43. The van der Waals surface area contributed by atoms with Crippen molar-refractivity contribution in [2.75, 3.05) is 18.4 Å². The van der Waals surface area contributed by atoms with E-state index in [9.17, 15) is 9.59 Å². The maximum atomic E-state index is 12.4. The molecule has 7 nitrogen and oxygen atoms in total. The molecule has 2 aliphatic rings. The predicted molar refractivity (Wildman–Crippen MR) is 109 cm³/mol. The number of para-hydroxylation sites is 1. The minimum absolute atomic E-state index is 0.136. The van der Waals surface area contributed by atoms with Gasteiger partial charge in [-0.1, -0.05) is 31.0 Å². The monoisotopic (exact) mass is 389 g/mol. The van der Waals surface area contributed by atoms with Crippen molar-refractivity contribution in [2.45, 2.75) is 44.6 Å². The van der Waals surface area contributed by atoms with Crippen LogP contribution >= 0.6 is 12.2 Å². The number of nitrogens with zero attached hydrogens (tertiary/aromatic N) is 1. The maximum Gasteiger partial charge on any atom is 0.321 e. The fourth-order valence-electron chi connectivity index (χ4n) is 3.61. The molecule has 1 saturated carbocycles. The maximum absolute atomic E-state index is 12.4. The Labute approximate surface area is 165 Å². The smallest absolute Gasteiger partial charge is 0.321 e. The molecule has 3 rings (SSSR count). The third-order valence-corrected chi connectivity index (χ3v) is 5.31. The van der Waals surface area contributed by atoms with Gasteiger partial charge in [0.2, 0.25) is 5.91 Å². The van der Waals surface area contributed by atoms with E-state index in [1.54, 1.807) is 4.90 Å². The highest BCUT2D eigenvalue weighted by Crippen LogP contribution is 2.18. The second kappa shape index (κ2) is 9.55. The summed E-state index contributed by atoms with van der Waals surface area (Å²) in [6.07, 6.45) is 6.22. The zero-order valence-corrected chi connectivity index (χ0v) is 16.2. The number of hydrogen-bond donors (Lipinski definition) is 4. The minimum Gasteiger partial charge on any atom is -0.359 e. The van der Waals surface area contributed by atoms with Crippen molar-refractivity contribution in [1.82, 2.24) is 21.1 Å². The number of hydrazine groups is 1. The average molecular weight is 390 g/mol. The number of carbonyl (C=O) groups is 2. The van der Waals surface area contributed by atoms with Gasteiger partial charge in [0.15, 0.2) is 5.11 Å². The molecule has 0 unspecified atom stereocenters. The number of thiocarbonyl (C=S) groups is 1. The number of anilines is 1. The topological polar surface area (TPSA) is 85.5 Å². The van der Waals surface area contributed by atoms with Crippen molar-refractivity contribution in [3.63, 3.8) is 0 Å². The van der Waals surface area contributed by atoms with Crippen LogP contribution in [-0.2, 0) is 4.79 Å². The van der Waals surface area contributed by atoms with Crippen LogP contribution in [0.5, 0.6) is 0 Å². The van der Waals surface area contributed by atoms with Crippen molar-refractivity contribution in [1.29, 1.82) is 0 Å². The van der Waals surface area contributed by atoms with Gasteiger partial charge in [-0.05, 0) is 50.0 Å². The van der Waals surface area contributed by atoms with Crippen molar-refractivity contribution < 1.29 is 9.59 Å². The number of urea groups is 1. The highest BCUT2D eigenvalue weighted by molar-refractivity contribution is 7.80. The Morgan fingerprint density at radius 1 is 1.00 bits per heavy atom. The molecule has 0 spiro atoms. The first-order chi connectivity index (χ1) is 13.1. The lowest BCUT2D eigenvalue weighted by atomic mass is 9.98. The van der Waals surface area contributed by atoms with Crippen LogP contribution in [0.1, 0.15) is 38.5 Å². The largest absolute Gasteiger partial charge is 0.359 e. The number of amides is 3. The second-order valence-corrected chi connectivity index (χ2v) is 7.56. The number of nitrogens with one attached hydrogen (secondary N) is 4. The van der Waals surface area contributed by atoms with Crippen LogP contribution in [0.15, 0.2) is 30.3 Å². The third-order valence-electron chi connectivity index (χ3n) is 5.09. The van der Waals surface area contributed by atoms with E-state index in [1.807, 2.05) is 30.3 Å². The zero-order chi connectivity index (χ0) is 19.1. The van der Waals surface area contributed by atoms with Crippen LogP contribution in [0.25, 0.3) is 0 Å². The first kappa shape index (κ1) is 19.4. The molecule has 1 aromatic carbocycles. The van der Waals surface area contributed by atoms with Crippen LogP contribution in [0.2, 0.25) is 0 Å². The fraction of sp³-hybridized carbons (Fsp3) is 0.526. The first-order valence-corrected chi connectivity index (χ1v) is 10.00. The highest BCUT2D eigenvalue weighted by atomic mass is 32.1. The number of piperidine rings is 1. The highest BCUT2D eigenvalue weighted by Gasteiger charge is 2.28. The van der Waals surface area contributed by atoms with Gasteiger partial charge in [0, 0.05) is 24.8 Å². The average Bonchev–Trinajstić information content (AvgIpc) is 3.20. The summed E-state index contributed by atoms with van der Waals surface area (Å²) in [5.41, 5.74) is 6.23. The molecule has 27 heavy (non-hydrogen) atoms. The molecule has 1 aromatic rings. The van der Waals surface area contributed by atoms with Crippen molar-refractivity contribution >= 4 is 35.0 Å². The number of likely N-dealkylation sites (tertiary alicyclic amines) is 1. The Hall–Kier alpha value is -2.35. The van der Waals surface area contributed by atoms with Crippen LogP contribution in [0, 0.1) is 5.92 Å². The van der Waals surface area contributed by atoms with Crippen LogP contribution in [0.3, 0.4) is 0 Å². The van der Waals surface area contributed by atoms with E-state index < -0.39 is 0 Å². The third kappa shape index (κ3) is 5.82. The van der Waals surface area contributed by atoms with Gasteiger partial charge in [0.1, 0.15) is 0 Å². The molecule has 0 radical (unpaired) electrons. The van der Waals surface area contributed by atoms with E-state index in [4.69, 9.17) is 12.2 Å². The first-order valence-electron chi connectivity index (χ1n) is 9.59. The summed E-state index contributed by atoms with van der Waals surface area (Å²) in [6, 6.07) is 9.55. The Bertz CT molecular complexity index is 663. The molecule has 146 valence electrons. The molecule has 2 fully saturated rings. The lowest BCUT2D eigenvalue weighted by Crippen LogP contribution is -2.53. The molecule has 1 atom stereocenters. The summed E-state index contributed by atoms with van der Waals surface area (Å²) in [5.74, 6) is -0.384. The van der Waals surface area contributed by atoms with E-state index in [-0.39, 0.29) is 17.9 Å². The van der Waals surface area contributed by atoms with E-state index in [0.717, 1.165) is 31.4 Å². The van der Waals surface area contributed by atoms with Gasteiger partial charge in [-0.15, -0.1) is 0 Å². The van der Waals surface area contributed by atoms with Crippen LogP contribution < -0.4 is 21.5 Å². The normalized spacial score (nSPS) is 20.0. The summed E-state index contributed by atoms with van der Waals surface area (Å²) < 4.78 is 0. The molecule has 4 N–H and O–H groups in total. The summed E-state index contributed by atoms with van der Waals surface area (Å²) in [4.78, 5) is 26.6. The summed E-state index contributed by atoms with van der Waals surface area (Å²) in [6.45, 7) is 1.05. The summed E-state index contributed by atoms with van der Waals surface area (Å²) >= 11 is 5.24. The van der Waals surface area contributed by atoms with E-state index >= 15 is 0 Å². The van der Waals surface area contributed by atoms with Gasteiger partial charge in [0.25, 0.3) is 0 Å². The Morgan fingerprint density at radius 2 is 1.74 bits per heavy atom. The summed E-state index contributed by atoms with van der Waals surface area (Å²) in [5, 5.41) is 6.54. The van der Waals surface area contributed by atoms with E-state index in [2.05, 4.69) is 21.5 Å². The van der Waals surface area contributed by atoms with Gasteiger partial charge in [-0.25, -0.2) is 4.79 Å². The van der Waals surface area contributed by atoms with Crippen molar-refractivity contribution in [2.24, 2.45) is 5.92 Å². The molecule has 1 saturated heterocycles.